The molecular weight excluding hydrogens is 366 g/mol. The third-order valence-electron chi connectivity index (χ3n) is 5.44. The SMILES string of the molecule is COc1ccc(C(=O)NCCCN2CCN(C)CC2c2ccccc2)c(OC)c1. The summed E-state index contributed by atoms with van der Waals surface area (Å²) in [7, 11) is 5.33. The fraction of sp³-hybridized carbons (Fsp3) is 0.435. The Morgan fingerprint density at radius 2 is 1.90 bits per heavy atom. The molecular formula is C23H31N3O3. The summed E-state index contributed by atoms with van der Waals surface area (Å²) >= 11 is 0. The van der Waals surface area contributed by atoms with Gasteiger partial charge in [-0.3, -0.25) is 9.69 Å². The largest absolute Gasteiger partial charge is 0.497 e. The van der Waals surface area contributed by atoms with Gasteiger partial charge in [0.2, 0.25) is 0 Å². The maximum atomic E-state index is 12.6. The number of hydrogen-bond donors (Lipinski definition) is 1. The number of ether oxygens (including phenoxy) is 2. The first kappa shape index (κ1) is 21.1. The third-order valence-corrected chi connectivity index (χ3v) is 5.44. The number of benzene rings is 2. The Labute approximate surface area is 173 Å². The molecule has 2 aromatic carbocycles. The zero-order valence-electron chi connectivity index (χ0n) is 17.6. The summed E-state index contributed by atoms with van der Waals surface area (Å²) < 4.78 is 10.5. The molecule has 1 unspecified atom stereocenters. The summed E-state index contributed by atoms with van der Waals surface area (Å²) in [5.41, 5.74) is 1.88. The van der Waals surface area contributed by atoms with E-state index in [0.29, 0.717) is 29.6 Å². The van der Waals surface area contributed by atoms with E-state index in [-0.39, 0.29) is 5.91 Å². The smallest absolute Gasteiger partial charge is 0.255 e. The highest BCUT2D eigenvalue weighted by molar-refractivity contribution is 5.97. The number of amides is 1. The third kappa shape index (κ3) is 5.49. The van der Waals surface area contributed by atoms with Crippen molar-refractivity contribution in [3.63, 3.8) is 0 Å². The lowest BCUT2D eigenvalue weighted by Crippen LogP contribution is -2.47. The molecule has 1 amide bonds. The van der Waals surface area contributed by atoms with Crippen LogP contribution in [0, 0.1) is 0 Å². The molecule has 3 rings (SSSR count). The van der Waals surface area contributed by atoms with Crippen LogP contribution in [0.5, 0.6) is 11.5 Å². The highest BCUT2D eigenvalue weighted by atomic mass is 16.5. The first-order valence-corrected chi connectivity index (χ1v) is 10.1. The van der Waals surface area contributed by atoms with Crippen LogP contribution in [0.25, 0.3) is 0 Å². The zero-order valence-corrected chi connectivity index (χ0v) is 17.6. The molecule has 6 heteroatoms. The summed E-state index contributed by atoms with van der Waals surface area (Å²) in [6.07, 6.45) is 0.900. The van der Waals surface area contributed by atoms with Crippen LogP contribution in [-0.2, 0) is 0 Å². The number of nitrogens with one attached hydrogen (secondary N) is 1. The van der Waals surface area contributed by atoms with Crippen LogP contribution in [0.3, 0.4) is 0 Å². The molecule has 1 fully saturated rings. The van der Waals surface area contributed by atoms with Crippen molar-refractivity contribution >= 4 is 5.91 Å². The van der Waals surface area contributed by atoms with Gasteiger partial charge in [0.05, 0.1) is 19.8 Å². The molecule has 0 saturated carbocycles. The molecule has 0 spiro atoms. The predicted molar refractivity (Wildman–Crippen MR) is 115 cm³/mol. The van der Waals surface area contributed by atoms with Gasteiger partial charge < -0.3 is 19.7 Å². The van der Waals surface area contributed by atoms with Crippen LogP contribution in [0.1, 0.15) is 28.4 Å². The van der Waals surface area contributed by atoms with Gasteiger partial charge in [-0.25, -0.2) is 0 Å². The molecule has 1 aliphatic rings. The number of carbonyl (C=O) groups excluding carboxylic acids is 1. The molecule has 156 valence electrons. The standard InChI is InChI=1S/C23H31N3O3/c1-25-14-15-26(21(17-25)18-8-5-4-6-9-18)13-7-12-24-23(27)20-11-10-19(28-2)16-22(20)29-3/h4-6,8-11,16,21H,7,12-15,17H2,1-3H3,(H,24,27). The molecule has 6 nitrogen and oxygen atoms in total. The van der Waals surface area contributed by atoms with E-state index >= 15 is 0 Å². The van der Waals surface area contributed by atoms with Crippen LogP contribution < -0.4 is 14.8 Å². The van der Waals surface area contributed by atoms with Crippen LogP contribution in [0.15, 0.2) is 48.5 Å². The van der Waals surface area contributed by atoms with Gasteiger partial charge in [0, 0.05) is 44.8 Å². The predicted octanol–water partition coefficient (Wildman–Crippen LogP) is 2.81. The molecule has 2 aromatic rings. The summed E-state index contributed by atoms with van der Waals surface area (Å²) in [5.74, 6) is 1.06. The van der Waals surface area contributed by atoms with E-state index < -0.39 is 0 Å². The number of likely N-dealkylation sites (N-methyl/N-ethyl adjacent to an activating group) is 1. The zero-order chi connectivity index (χ0) is 20.6. The van der Waals surface area contributed by atoms with Crippen molar-refractivity contribution in [1.29, 1.82) is 0 Å². The number of piperazine rings is 1. The van der Waals surface area contributed by atoms with Crippen LogP contribution in [0.4, 0.5) is 0 Å². The minimum Gasteiger partial charge on any atom is -0.497 e. The number of nitrogens with zero attached hydrogens (tertiary/aromatic N) is 2. The quantitative estimate of drug-likeness (QED) is 0.694. The molecule has 1 aliphatic heterocycles. The van der Waals surface area contributed by atoms with E-state index in [1.54, 1.807) is 32.4 Å². The summed E-state index contributed by atoms with van der Waals surface area (Å²) in [4.78, 5) is 17.5. The Bertz CT molecular complexity index is 797. The van der Waals surface area contributed by atoms with Crippen molar-refractivity contribution in [3.8, 4) is 11.5 Å². The van der Waals surface area contributed by atoms with Crippen LogP contribution >= 0.6 is 0 Å². The highest BCUT2D eigenvalue weighted by Crippen LogP contribution is 2.25. The molecule has 29 heavy (non-hydrogen) atoms. The number of methoxy groups -OCH3 is 2. The lowest BCUT2D eigenvalue weighted by molar-refractivity contribution is 0.0865. The summed E-state index contributed by atoms with van der Waals surface area (Å²) in [5, 5.41) is 3.02. The Morgan fingerprint density at radius 3 is 2.62 bits per heavy atom. The minimum absolute atomic E-state index is 0.123. The van der Waals surface area contributed by atoms with Crippen molar-refractivity contribution in [3.05, 3.63) is 59.7 Å². The molecule has 0 bridgehead atoms. The Balaban J connectivity index is 1.53. The van der Waals surface area contributed by atoms with Gasteiger partial charge in [-0.1, -0.05) is 30.3 Å². The van der Waals surface area contributed by atoms with E-state index in [9.17, 15) is 4.79 Å². The van der Waals surface area contributed by atoms with Crippen molar-refractivity contribution < 1.29 is 14.3 Å². The second-order valence-electron chi connectivity index (χ2n) is 7.40. The van der Waals surface area contributed by atoms with Crippen molar-refractivity contribution in [2.75, 3.05) is 54.0 Å². The Morgan fingerprint density at radius 1 is 1.10 bits per heavy atom. The molecule has 0 aromatic heterocycles. The maximum absolute atomic E-state index is 12.6. The Kier molecular flexibility index (Phi) is 7.49. The fourth-order valence-corrected chi connectivity index (χ4v) is 3.78. The van der Waals surface area contributed by atoms with E-state index in [2.05, 4.69) is 52.5 Å². The van der Waals surface area contributed by atoms with Crippen molar-refractivity contribution in [2.24, 2.45) is 0 Å². The summed E-state index contributed by atoms with van der Waals surface area (Å²) in [6, 6.07) is 16.3. The molecule has 1 saturated heterocycles. The van der Waals surface area contributed by atoms with Gasteiger partial charge >= 0.3 is 0 Å². The van der Waals surface area contributed by atoms with Crippen molar-refractivity contribution in [2.45, 2.75) is 12.5 Å². The second-order valence-corrected chi connectivity index (χ2v) is 7.40. The van der Waals surface area contributed by atoms with Gasteiger partial charge in [0.15, 0.2) is 0 Å². The van der Waals surface area contributed by atoms with Gasteiger partial charge in [-0.05, 0) is 31.2 Å². The Hall–Kier alpha value is -2.57. The van der Waals surface area contributed by atoms with Gasteiger partial charge in [-0.2, -0.15) is 0 Å². The second kappa shape index (κ2) is 10.3. The summed E-state index contributed by atoms with van der Waals surface area (Å²) in [6.45, 7) is 4.71. The number of carbonyl (C=O) groups is 1. The van der Waals surface area contributed by atoms with E-state index in [1.807, 2.05) is 0 Å². The normalized spacial score (nSPS) is 17.7. The highest BCUT2D eigenvalue weighted by Gasteiger charge is 2.26. The van der Waals surface area contributed by atoms with E-state index in [4.69, 9.17) is 9.47 Å². The first-order chi connectivity index (χ1) is 14.1. The van der Waals surface area contributed by atoms with Crippen LogP contribution in [-0.4, -0.2) is 69.7 Å². The van der Waals surface area contributed by atoms with Crippen LogP contribution in [0.2, 0.25) is 0 Å². The maximum Gasteiger partial charge on any atom is 0.255 e. The molecule has 1 atom stereocenters. The average molecular weight is 398 g/mol. The fourth-order valence-electron chi connectivity index (χ4n) is 3.78. The average Bonchev–Trinajstić information content (AvgIpc) is 2.77. The minimum atomic E-state index is -0.123. The number of rotatable bonds is 8. The molecule has 1 N–H and O–H groups in total. The lowest BCUT2D eigenvalue weighted by Gasteiger charge is -2.40. The lowest BCUT2D eigenvalue weighted by atomic mass is 10.0. The molecule has 0 radical (unpaired) electrons. The van der Waals surface area contributed by atoms with Crippen molar-refractivity contribution in [1.82, 2.24) is 15.1 Å². The van der Waals surface area contributed by atoms with E-state index in [1.165, 1.54) is 5.56 Å². The topological polar surface area (TPSA) is 54.0 Å². The van der Waals surface area contributed by atoms with Gasteiger partial charge in [0.1, 0.15) is 11.5 Å². The van der Waals surface area contributed by atoms with Gasteiger partial charge in [-0.15, -0.1) is 0 Å². The monoisotopic (exact) mass is 397 g/mol. The first-order valence-electron chi connectivity index (χ1n) is 10.1. The number of hydrogen-bond acceptors (Lipinski definition) is 5. The van der Waals surface area contributed by atoms with E-state index in [0.717, 1.165) is 32.6 Å². The van der Waals surface area contributed by atoms with Gasteiger partial charge in [0.25, 0.3) is 5.91 Å². The molecule has 0 aliphatic carbocycles. The molecule has 1 heterocycles.